The van der Waals surface area contributed by atoms with Gasteiger partial charge in [0.05, 0.1) is 22.8 Å². The zero-order chi connectivity index (χ0) is 102. The third kappa shape index (κ3) is 25.3. The number of nitrogen functional groups attached to an aromatic ring is 5. The Hall–Kier alpha value is -19.8. The number of anilines is 15. The minimum absolute atomic E-state index is 0.0240. The summed E-state index contributed by atoms with van der Waals surface area (Å²) in [6, 6.07) is 80.3. The Kier molecular flexibility index (Phi) is 30.3. The molecule has 734 valence electrons. The second kappa shape index (κ2) is 46.1. The van der Waals surface area contributed by atoms with Crippen molar-refractivity contribution in [3.05, 3.63) is 411 Å². The molecule has 10 aromatic carbocycles. The van der Waals surface area contributed by atoms with Gasteiger partial charge in [0.2, 0.25) is 29.7 Å². The largest absolute Gasteiger partial charge is 0.454 e. The smallest absolute Gasteiger partial charge is 0.223 e. The fourth-order valence-corrected chi connectivity index (χ4v) is 16.7. The van der Waals surface area contributed by atoms with Crippen molar-refractivity contribution in [1.29, 1.82) is 0 Å². The summed E-state index contributed by atoms with van der Waals surface area (Å²) in [4.78, 5) is 71.7. The summed E-state index contributed by atoms with van der Waals surface area (Å²) in [5, 5.41) is 22.6. The minimum Gasteiger partial charge on any atom is -0.454 e. The highest BCUT2D eigenvalue weighted by molar-refractivity contribution is 7.99. The van der Waals surface area contributed by atoms with E-state index in [4.69, 9.17) is 59.2 Å². The van der Waals surface area contributed by atoms with Crippen LogP contribution < -0.4 is 74.2 Å². The van der Waals surface area contributed by atoms with Crippen molar-refractivity contribution in [2.45, 2.75) is 35.5 Å². The molecule has 38 heteroatoms. The first-order valence-electron chi connectivity index (χ1n) is 45.9. The van der Waals surface area contributed by atoms with Crippen LogP contribution in [0, 0.1) is 29.1 Å². The number of rotatable bonds is 23. The minimum atomic E-state index is -0.529. The first-order valence-corrected chi connectivity index (χ1v) is 47.1. The molecule has 12 aromatic heterocycles. The zero-order valence-corrected chi connectivity index (χ0v) is 79.8. The maximum Gasteiger partial charge on any atom is 0.223 e. The van der Waals surface area contributed by atoms with E-state index in [1.807, 2.05) is 140 Å². The molecule has 12 heterocycles. The Morgan fingerprint density at radius 1 is 0.268 bits per heavy atom. The van der Waals surface area contributed by atoms with Crippen molar-refractivity contribution in [1.82, 2.24) is 84.7 Å². The van der Waals surface area contributed by atoms with Crippen LogP contribution in [-0.2, 0) is 12.8 Å². The van der Waals surface area contributed by atoms with E-state index in [2.05, 4.69) is 111 Å². The van der Waals surface area contributed by atoms with Crippen molar-refractivity contribution >= 4 is 154 Å². The normalized spacial score (nSPS) is 11.2. The number of hydrogen-bond acceptors (Lipinski definition) is 32. The summed E-state index contributed by atoms with van der Waals surface area (Å²) in [7, 11) is 0. The summed E-state index contributed by atoms with van der Waals surface area (Å²) in [5.74, 6) is 3.27. The first-order chi connectivity index (χ1) is 72.7. The van der Waals surface area contributed by atoms with Crippen molar-refractivity contribution < 1.29 is 40.9 Å². The Morgan fingerprint density at radius 2 is 0.617 bits per heavy atom. The fraction of sp³-hybridized carbons (Fsp3) is 0.0360. The summed E-state index contributed by atoms with van der Waals surface area (Å²) in [5.41, 5.74) is 38.1. The molecule has 0 bridgehead atoms. The van der Waals surface area contributed by atoms with Crippen molar-refractivity contribution in [2.75, 3.05) is 55.3 Å². The number of nitrogens with one attached hydrogen (secondary N) is 5. The van der Waals surface area contributed by atoms with Gasteiger partial charge in [-0.1, -0.05) is 102 Å². The van der Waals surface area contributed by atoms with Gasteiger partial charge in [-0.2, -0.15) is 24.9 Å². The average Bonchev–Trinajstić information content (AvgIpc) is 0.809. The number of ether oxygens (including phenoxy) is 4. The van der Waals surface area contributed by atoms with Gasteiger partial charge in [-0.05, 0) is 177 Å². The SMILES string of the molecule is Nc1nc(Cl)cc(Nc2ccc(Oc3cccc4cnccc34)c(F)c2)n1.Nc1nc(Nc2ccc(Oc3cccc4cnccc34)c(F)c2)cc(-c2ccccc2)n1.Nc1nc(Nc2ccc(Oc3cccc4cnccc34)c(F)c2)cc(-c2cccnc2)n1.Nc1nc(Nc2ccc(Oc3cccc4cnccc34)c(F)c2)cc(-c2ccncc2)n1.Nc1nc2c(c(Nc3ccc(Sc4ccncc4)c(F)c3)n1)CCCC2. The van der Waals surface area contributed by atoms with E-state index in [9.17, 15) is 22.0 Å². The standard InChI is InChI=1S/C25H18FN5O.2C24H17FN6O.C19H13ClFN5O.C19H18FN5S/c26-20-13-18(29-24-14-21(30-25(27)31-24)16-5-2-1-3-6-16)9-10-23(20)32-22-8-4-7-17-15-28-12-11-19(17)22;25-19-11-17(29-23-12-20(30-24(26)31-23)16-4-2-9-27-14-16)6-7-22(19)32-21-5-1-3-15-13-28-10-8-18(15)21;25-19-12-17(29-23-13-20(30-24(26)31-23)15-6-9-27-10-7-15)4-5-22(19)32-21-3-1-2-16-14-28-11-8-18(16)21;20-17-9-18(26-19(22)25-17)24-12-4-5-16(14(21)8-12)27-15-3-1-2-11-10-23-7-6-13(11)15;20-15-11-12(5-6-17(15)26-13-7-9-22-10-8-13)23-18-14-3-1-2-4-16(14)24-19(21)25-18/h1-15H,(H3,27,29,30,31);2*1-14H,(H3,26,29,30,31);1-10H,(H3,22,24,25,26);5-11H,1-4H2,(H3,21,23,24,25). The summed E-state index contributed by atoms with van der Waals surface area (Å²) in [6.07, 6.45) is 27.7. The van der Waals surface area contributed by atoms with Gasteiger partial charge in [-0.15, -0.1) is 0 Å². The lowest BCUT2D eigenvalue weighted by Gasteiger charge is -2.19. The number of benzene rings is 10. The van der Waals surface area contributed by atoms with Gasteiger partial charge in [0.25, 0.3) is 0 Å². The van der Waals surface area contributed by atoms with Gasteiger partial charge in [0, 0.05) is 239 Å². The Labute approximate surface area is 855 Å². The summed E-state index contributed by atoms with van der Waals surface area (Å²) in [6.45, 7) is 0. The molecular weight excluding hydrogens is 1940 g/mol. The monoisotopic (exact) mass is 2020 g/mol. The van der Waals surface area contributed by atoms with E-state index in [1.165, 1.54) is 54.2 Å². The summed E-state index contributed by atoms with van der Waals surface area (Å²) >= 11 is 7.21. The van der Waals surface area contributed by atoms with Gasteiger partial charge in [0.1, 0.15) is 63.1 Å². The topological polar surface area (TPSA) is 446 Å². The quantitative estimate of drug-likeness (QED) is 0.0210. The van der Waals surface area contributed by atoms with Gasteiger partial charge in [0.15, 0.2) is 46.3 Å². The lowest BCUT2D eigenvalue weighted by molar-refractivity contribution is 0.446. The fourth-order valence-electron chi connectivity index (χ4n) is 15.7. The van der Waals surface area contributed by atoms with Crippen LogP contribution in [0.2, 0.25) is 5.15 Å². The molecule has 1 aliphatic carbocycles. The molecule has 31 nitrogen and oxygen atoms in total. The predicted molar refractivity (Wildman–Crippen MR) is 570 cm³/mol. The van der Waals surface area contributed by atoms with Gasteiger partial charge >= 0.3 is 0 Å². The number of pyridine rings is 7. The lowest BCUT2D eigenvalue weighted by atomic mass is 9.96. The molecule has 0 amide bonds. The van der Waals surface area contributed by atoms with E-state index in [-0.39, 0.29) is 63.7 Å². The van der Waals surface area contributed by atoms with Crippen LogP contribution >= 0.6 is 23.4 Å². The van der Waals surface area contributed by atoms with Gasteiger partial charge < -0.3 is 74.2 Å². The molecule has 0 atom stereocenters. The maximum atomic E-state index is 14.8. The zero-order valence-electron chi connectivity index (χ0n) is 78.3. The molecular formula is C111H83ClF5N27O4S. The predicted octanol–water partition coefficient (Wildman–Crippen LogP) is 25.9. The molecule has 0 radical (unpaired) electrons. The Bertz CT molecular complexity index is 8030. The molecule has 0 unspecified atom stereocenters. The van der Waals surface area contributed by atoms with E-state index < -0.39 is 23.3 Å². The number of fused-ring (bicyclic) bond motifs is 5. The van der Waals surface area contributed by atoms with Crippen molar-refractivity contribution in [3.63, 3.8) is 0 Å². The van der Waals surface area contributed by atoms with Crippen molar-refractivity contribution in [2.24, 2.45) is 0 Å². The molecule has 23 rings (SSSR count). The number of aryl methyl sites for hydroxylation is 1. The number of nitrogens with two attached hydrogens (primary N) is 5. The second-order valence-electron chi connectivity index (χ2n) is 32.8. The number of halogens is 6. The molecule has 149 heavy (non-hydrogen) atoms. The van der Waals surface area contributed by atoms with Crippen LogP contribution in [0.15, 0.2) is 376 Å². The molecule has 0 aliphatic heterocycles. The number of nitrogens with zero attached hydrogens (tertiary/aromatic N) is 17. The maximum absolute atomic E-state index is 14.8. The molecule has 0 saturated heterocycles. The number of hydrogen-bond donors (Lipinski definition) is 10. The summed E-state index contributed by atoms with van der Waals surface area (Å²) < 4.78 is 96.8. The average molecular weight is 2020 g/mol. The van der Waals surface area contributed by atoms with Crippen LogP contribution in [0.5, 0.6) is 46.0 Å². The van der Waals surface area contributed by atoms with E-state index in [1.54, 1.807) is 184 Å². The van der Waals surface area contributed by atoms with E-state index in [0.717, 1.165) is 102 Å². The highest BCUT2D eigenvalue weighted by Crippen LogP contribution is 2.41. The third-order valence-corrected chi connectivity index (χ3v) is 23.7. The van der Waals surface area contributed by atoms with E-state index >= 15 is 0 Å². The lowest BCUT2D eigenvalue weighted by Crippen LogP contribution is -2.12. The van der Waals surface area contributed by atoms with Gasteiger partial charge in [-0.25, -0.2) is 46.9 Å². The van der Waals surface area contributed by atoms with Crippen LogP contribution in [0.1, 0.15) is 24.1 Å². The molecule has 22 aromatic rings. The third-order valence-electron chi connectivity index (χ3n) is 22.5. The first kappa shape index (κ1) is 98.0. The second-order valence-corrected chi connectivity index (χ2v) is 34.3. The van der Waals surface area contributed by atoms with E-state index in [0.29, 0.717) is 103 Å². The molecule has 15 N–H and O–H groups in total. The Balaban J connectivity index is 0.000000117. The molecule has 0 fully saturated rings. The Morgan fingerprint density at radius 3 is 1.02 bits per heavy atom. The number of aromatic nitrogens is 17. The van der Waals surface area contributed by atoms with Crippen LogP contribution in [0.4, 0.5) is 109 Å². The molecule has 1 aliphatic rings. The van der Waals surface area contributed by atoms with Crippen LogP contribution in [0.3, 0.4) is 0 Å². The van der Waals surface area contributed by atoms with Crippen LogP contribution in [0.25, 0.3) is 76.9 Å². The highest BCUT2D eigenvalue weighted by atomic mass is 35.5. The highest BCUT2D eigenvalue weighted by Gasteiger charge is 2.22. The van der Waals surface area contributed by atoms with Crippen molar-refractivity contribution in [3.8, 4) is 79.8 Å². The van der Waals surface area contributed by atoms with Crippen LogP contribution in [-0.4, -0.2) is 84.7 Å². The molecule has 0 saturated carbocycles. The van der Waals surface area contributed by atoms with Gasteiger partial charge in [-0.3, -0.25) is 34.9 Å². The molecule has 0 spiro atoms.